The van der Waals surface area contributed by atoms with Crippen molar-refractivity contribution >= 4 is 0 Å². The Balaban J connectivity index is 1.72. The van der Waals surface area contributed by atoms with E-state index in [-0.39, 0.29) is 0 Å². The quantitative estimate of drug-likeness (QED) is 0.888. The van der Waals surface area contributed by atoms with E-state index in [1.807, 2.05) is 6.07 Å². The summed E-state index contributed by atoms with van der Waals surface area (Å²) in [5, 5.41) is 3.30. The summed E-state index contributed by atoms with van der Waals surface area (Å²) in [5.74, 6) is 0.961. The fourth-order valence-electron chi connectivity index (χ4n) is 2.28. The average molecular weight is 239 g/mol. The molecule has 92 valence electrons. The highest BCUT2D eigenvalue weighted by Crippen LogP contribution is 2.23. The first-order valence-corrected chi connectivity index (χ1v) is 6.45. The second-order valence-electron chi connectivity index (χ2n) is 4.62. The molecule has 2 aromatic rings. The number of rotatable bonds is 3. The minimum atomic E-state index is 0.326. The van der Waals surface area contributed by atoms with E-state index in [4.69, 9.17) is 4.74 Å². The number of hydrogen-bond acceptors (Lipinski definition) is 2. The van der Waals surface area contributed by atoms with Crippen molar-refractivity contribution in [2.45, 2.75) is 12.5 Å². The van der Waals surface area contributed by atoms with Crippen LogP contribution >= 0.6 is 0 Å². The smallest absolute Gasteiger partial charge is 0.119 e. The SMILES string of the molecule is c1ccc(-c2ccc(O[C@H]3CCNC3)cc2)cc1. The topological polar surface area (TPSA) is 21.3 Å². The van der Waals surface area contributed by atoms with Crippen molar-refractivity contribution in [3.8, 4) is 16.9 Å². The van der Waals surface area contributed by atoms with Crippen molar-refractivity contribution in [2.24, 2.45) is 0 Å². The Labute approximate surface area is 108 Å². The minimum absolute atomic E-state index is 0.326. The van der Waals surface area contributed by atoms with Crippen molar-refractivity contribution in [3.05, 3.63) is 54.6 Å². The average Bonchev–Trinajstić information content (AvgIpc) is 2.94. The molecule has 1 saturated heterocycles. The molecule has 1 atom stereocenters. The normalized spacial score (nSPS) is 18.8. The highest BCUT2D eigenvalue weighted by molar-refractivity contribution is 5.63. The highest BCUT2D eigenvalue weighted by Gasteiger charge is 2.15. The summed E-state index contributed by atoms with van der Waals surface area (Å²) in [4.78, 5) is 0. The van der Waals surface area contributed by atoms with E-state index in [1.54, 1.807) is 0 Å². The van der Waals surface area contributed by atoms with Crippen LogP contribution in [0.4, 0.5) is 0 Å². The van der Waals surface area contributed by atoms with Crippen LogP contribution in [0, 0.1) is 0 Å². The zero-order valence-corrected chi connectivity index (χ0v) is 10.3. The summed E-state index contributed by atoms with van der Waals surface area (Å²) >= 11 is 0. The van der Waals surface area contributed by atoms with Crippen molar-refractivity contribution in [1.82, 2.24) is 5.32 Å². The number of ether oxygens (including phenoxy) is 1. The molecule has 18 heavy (non-hydrogen) atoms. The third kappa shape index (κ3) is 2.54. The van der Waals surface area contributed by atoms with Crippen LogP contribution in [0.2, 0.25) is 0 Å². The van der Waals surface area contributed by atoms with Crippen molar-refractivity contribution in [1.29, 1.82) is 0 Å². The van der Waals surface area contributed by atoms with Crippen molar-refractivity contribution in [3.63, 3.8) is 0 Å². The predicted octanol–water partition coefficient (Wildman–Crippen LogP) is 3.09. The summed E-state index contributed by atoms with van der Waals surface area (Å²) in [5.41, 5.74) is 2.47. The fraction of sp³-hybridized carbons (Fsp3) is 0.250. The summed E-state index contributed by atoms with van der Waals surface area (Å²) in [7, 11) is 0. The van der Waals surface area contributed by atoms with Crippen molar-refractivity contribution < 1.29 is 4.74 Å². The summed E-state index contributed by atoms with van der Waals surface area (Å²) in [6.45, 7) is 2.02. The van der Waals surface area contributed by atoms with E-state index in [0.717, 1.165) is 25.3 Å². The van der Waals surface area contributed by atoms with E-state index in [0.29, 0.717) is 6.10 Å². The second-order valence-corrected chi connectivity index (χ2v) is 4.62. The molecule has 0 amide bonds. The molecular weight excluding hydrogens is 222 g/mol. The molecule has 0 aliphatic carbocycles. The largest absolute Gasteiger partial charge is 0.489 e. The molecule has 0 spiro atoms. The summed E-state index contributed by atoms with van der Waals surface area (Å²) in [6.07, 6.45) is 1.42. The Morgan fingerprint density at radius 2 is 1.61 bits per heavy atom. The van der Waals surface area contributed by atoms with E-state index in [9.17, 15) is 0 Å². The van der Waals surface area contributed by atoms with Crippen LogP contribution < -0.4 is 10.1 Å². The second kappa shape index (κ2) is 5.23. The Morgan fingerprint density at radius 1 is 0.889 bits per heavy atom. The molecule has 0 radical (unpaired) electrons. The van der Waals surface area contributed by atoms with E-state index < -0.39 is 0 Å². The van der Waals surface area contributed by atoms with Crippen LogP contribution in [0.1, 0.15) is 6.42 Å². The molecule has 1 aliphatic rings. The van der Waals surface area contributed by atoms with Gasteiger partial charge >= 0.3 is 0 Å². The van der Waals surface area contributed by atoms with E-state index >= 15 is 0 Å². The van der Waals surface area contributed by atoms with Crippen LogP contribution in [-0.4, -0.2) is 19.2 Å². The maximum absolute atomic E-state index is 5.90. The first-order chi connectivity index (χ1) is 8.92. The Kier molecular flexibility index (Phi) is 3.29. The summed E-state index contributed by atoms with van der Waals surface area (Å²) in [6, 6.07) is 18.7. The minimum Gasteiger partial charge on any atom is -0.489 e. The zero-order valence-electron chi connectivity index (χ0n) is 10.3. The molecule has 2 aromatic carbocycles. The first kappa shape index (κ1) is 11.3. The molecule has 0 bridgehead atoms. The van der Waals surface area contributed by atoms with Gasteiger partial charge in [0, 0.05) is 6.54 Å². The molecular formula is C16H17NO. The zero-order chi connectivity index (χ0) is 12.2. The monoisotopic (exact) mass is 239 g/mol. The van der Waals surface area contributed by atoms with Gasteiger partial charge in [0.25, 0.3) is 0 Å². The van der Waals surface area contributed by atoms with Gasteiger partial charge in [-0.25, -0.2) is 0 Å². The molecule has 1 aliphatic heterocycles. The van der Waals surface area contributed by atoms with Crippen LogP contribution in [0.5, 0.6) is 5.75 Å². The van der Waals surface area contributed by atoms with Gasteiger partial charge in [0.2, 0.25) is 0 Å². The molecule has 1 heterocycles. The molecule has 0 unspecified atom stereocenters. The van der Waals surface area contributed by atoms with Gasteiger partial charge < -0.3 is 10.1 Å². The van der Waals surface area contributed by atoms with Crippen LogP contribution in [0.3, 0.4) is 0 Å². The van der Waals surface area contributed by atoms with E-state index in [2.05, 4.69) is 53.8 Å². The van der Waals surface area contributed by atoms with Gasteiger partial charge in [-0.3, -0.25) is 0 Å². The third-order valence-corrected chi connectivity index (χ3v) is 3.28. The maximum atomic E-state index is 5.90. The molecule has 2 nitrogen and oxygen atoms in total. The number of nitrogens with one attached hydrogen (secondary N) is 1. The van der Waals surface area contributed by atoms with Crippen LogP contribution in [0.15, 0.2) is 54.6 Å². The Hall–Kier alpha value is -1.80. The van der Waals surface area contributed by atoms with Crippen LogP contribution in [-0.2, 0) is 0 Å². The molecule has 3 rings (SSSR count). The van der Waals surface area contributed by atoms with Gasteiger partial charge in [0.15, 0.2) is 0 Å². The lowest BCUT2D eigenvalue weighted by atomic mass is 10.1. The number of benzene rings is 2. The van der Waals surface area contributed by atoms with Gasteiger partial charge in [-0.1, -0.05) is 42.5 Å². The van der Waals surface area contributed by atoms with Crippen LogP contribution in [0.25, 0.3) is 11.1 Å². The molecule has 2 heteroatoms. The molecule has 1 N–H and O–H groups in total. The Morgan fingerprint density at radius 3 is 2.28 bits per heavy atom. The maximum Gasteiger partial charge on any atom is 0.119 e. The van der Waals surface area contributed by atoms with Gasteiger partial charge in [-0.2, -0.15) is 0 Å². The summed E-state index contributed by atoms with van der Waals surface area (Å²) < 4.78 is 5.90. The fourth-order valence-corrected chi connectivity index (χ4v) is 2.28. The van der Waals surface area contributed by atoms with Gasteiger partial charge in [0.05, 0.1) is 0 Å². The Bertz CT molecular complexity index is 486. The molecule has 0 aromatic heterocycles. The standard InChI is InChI=1S/C16H17NO/c1-2-4-13(5-3-1)14-6-8-15(9-7-14)18-16-10-11-17-12-16/h1-9,16-17H,10-12H2/t16-/m0/s1. The van der Waals surface area contributed by atoms with Gasteiger partial charge in [-0.15, -0.1) is 0 Å². The molecule has 0 saturated carbocycles. The lowest BCUT2D eigenvalue weighted by Crippen LogP contribution is -2.19. The predicted molar refractivity (Wildman–Crippen MR) is 73.8 cm³/mol. The van der Waals surface area contributed by atoms with Gasteiger partial charge in [0.1, 0.15) is 11.9 Å². The highest BCUT2D eigenvalue weighted by atomic mass is 16.5. The lowest BCUT2D eigenvalue weighted by molar-refractivity contribution is 0.223. The van der Waals surface area contributed by atoms with Crippen molar-refractivity contribution in [2.75, 3.05) is 13.1 Å². The lowest BCUT2D eigenvalue weighted by Gasteiger charge is -2.12. The number of hydrogen-bond donors (Lipinski definition) is 1. The third-order valence-electron chi connectivity index (χ3n) is 3.28. The first-order valence-electron chi connectivity index (χ1n) is 6.45. The van der Waals surface area contributed by atoms with Gasteiger partial charge in [-0.05, 0) is 36.2 Å². The molecule has 1 fully saturated rings. The van der Waals surface area contributed by atoms with E-state index in [1.165, 1.54) is 11.1 Å².